The molecule has 34 heavy (non-hydrogen) atoms. The van der Waals surface area contributed by atoms with Crippen molar-refractivity contribution in [1.82, 2.24) is 30.8 Å². The van der Waals surface area contributed by atoms with Gasteiger partial charge in [-0.25, -0.2) is 9.89 Å². The van der Waals surface area contributed by atoms with Gasteiger partial charge in [-0.15, -0.1) is 28.2 Å². The van der Waals surface area contributed by atoms with Crippen molar-refractivity contribution in [2.75, 3.05) is 5.75 Å². The number of H-pyrrole nitrogens is 1. The largest absolute Gasteiger partial charge is 0.481 e. The SMILES string of the molecule is NCc1ccsc1CC(=O)NC1C(=O)N2C(C(=O)O)=C(C(CC(=O)O)Sc3nnn[nH]3)CS[C@@H]12. The van der Waals surface area contributed by atoms with Gasteiger partial charge in [0.2, 0.25) is 11.1 Å². The van der Waals surface area contributed by atoms with Crippen LogP contribution in [0, 0.1) is 0 Å². The molecule has 3 atom stereocenters. The summed E-state index contributed by atoms with van der Waals surface area (Å²) in [6.07, 6.45) is -0.323. The zero-order valence-corrected chi connectivity index (χ0v) is 19.8. The van der Waals surface area contributed by atoms with E-state index in [0.717, 1.165) is 27.1 Å². The van der Waals surface area contributed by atoms with E-state index < -0.39 is 40.9 Å². The number of carboxylic acids is 2. The van der Waals surface area contributed by atoms with Gasteiger partial charge in [0.15, 0.2) is 0 Å². The Morgan fingerprint density at radius 1 is 1.38 bits per heavy atom. The van der Waals surface area contributed by atoms with Gasteiger partial charge in [-0.3, -0.25) is 19.3 Å². The van der Waals surface area contributed by atoms with E-state index in [1.807, 2.05) is 11.4 Å². The first-order valence-corrected chi connectivity index (χ1v) is 12.7. The van der Waals surface area contributed by atoms with E-state index in [2.05, 4.69) is 25.9 Å². The Balaban J connectivity index is 1.53. The summed E-state index contributed by atoms with van der Waals surface area (Å²) < 4.78 is 0. The number of carbonyl (C=O) groups is 4. The van der Waals surface area contributed by atoms with Crippen LogP contribution in [0.5, 0.6) is 0 Å². The molecule has 2 amide bonds. The van der Waals surface area contributed by atoms with E-state index in [0.29, 0.717) is 6.54 Å². The number of aliphatic carboxylic acids is 2. The molecule has 2 aliphatic heterocycles. The van der Waals surface area contributed by atoms with Crippen LogP contribution in [0.2, 0.25) is 0 Å². The van der Waals surface area contributed by atoms with E-state index in [4.69, 9.17) is 5.73 Å². The van der Waals surface area contributed by atoms with Crippen LogP contribution in [0.15, 0.2) is 27.9 Å². The van der Waals surface area contributed by atoms with Gasteiger partial charge in [0.05, 0.1) is 12.8 Å². The van der Waals surface area contributed by atoms with Crippen LogP contribution in [-0.4, -0.2) is 81.9 Å². The monoisotopic (exact) mass is 525 g/mol. The Morgan fingerprint density at radius 2 is 2.18 bits per heavy atom. The third-order valence-corrected chi connectivity index (χ3v) is 8.62. The number of hydrogen-bond acceptors (Lipinski definition) is 11. The van der Waals surface area contributed by atoms with Crippen LogP contribution in [0.1, 0.15) is 16.9 Å². The van der Waals surface area contributed by atoms with Crippen molar-refractivity contribution < 1.29 is 29.4 Å². The first-order valence-electron chi connectivity index (χ1n) is 9.88. The Bertz CT molecular complexity index is 1150. The van der Waals surface area contributed by atoms with Gasteiger partial charge in [0.1, 0.15) is 17.1 Å². The van der Waals surface area contributed by atoms with Crippen LogP contribution < -0.4 is 11.1 Å². The molecule has 0 saturated carbocycles. The quantitative estimate of drug-likeness (QED) is 0.199. The Hall–Kier alpha value is -2.95. The van der Waals surface area contributed by atoms with Crippen molar-refractivity contribution in [1.29, 1.82) is 0 Å². The molecule has 6 N–H and O–H groups in total. The van der Waals surface area contributed by atoms with Crippen molar-refractivity contribution in [3.63, 3.8) is 0 Å². The Kier molecular flexibility index (Phi) is 7.20. The van der Waals surface area contributed by atoms with Crippen LogP contribution in [0.4, 0.5) is 0 Å². The summed E-state index contributed by atoms with van der Waals surface area (Å²) in [6.45, 7) is 0.302. The lowest BCUT2D eigenvalue weighted by Crippen LogP contribution is -2.70. The second-order valence-corrected chi connectivity index (χ2v) is 10.6. The molecule has 13 nitrogen and oxygen atoms in total. The van der Waals surface area contributed by atoms with E-state index in [1.54, 1.807) is 0 Å². The highest BCUT2D eigenvalue weighted by atomic mass is 32.2. The second-order valence-electron chi connectivity index (χ2n) is 7.29. The molecule has 1 fully saturated rings. The number of aromatic nitrogens is 4. The lowest BCUT2D eigenvalue weighted by Gasteiger charge is -2.50. The van der Waals surface area contributed by atoms with Crippen LogP contribution in [0.3, 0.4) is 0 Å². The normalized spacial score (nSPS) is 20.5. The number of thiophene rings is 1. The summed E-state index contributed by atoms with van der Waals surface area (Å²) in [5, 5.41) is 35.7. The fraction of sp³-hybridized carbons (Fsp3) is 0.389. The molecule has 0 aromatic carbocycles. The van der Waals surface area contributed by atoms with Crippen LogP contribution in [0.25, 0.3) is 0 Å². The summed E-state index contributed by atoms with van der Waals surface area (Å²) in [7, 11) is 0. The number of carbonyl (C=O) groups excluding carboxylic acids is 2. The Morgan fingerprint density at radius 3 is 2.82 bits per heavy atom. The van der Waals surface area contributed by atoms with Crippen molar-refractivity contribution in [2.45, 2.75) is 41.2 Å². The number of nitrogens with two attached hydrogens (primary N) is 1. The molecular weight excluding hydrogens is 506 g/mol. The lowest BCUT2D eigenvalue weighted by atomic mass is 10.00. The highest BCUT2D eigenvalue weighted by molar-refractivity contribution is 8.01. The number of amides is 2. The molecule has 16 heteroatoms. The number of hydrogen-bond donors (Lipinski definition) is 5. The number of carboxylic acid groups (broad SMARTS) is 2. The first kappa shape index (κ1) is 24.2. The van der Waals surface area contributed by atoms with Gasteiger partial charge in [0.25, 0.3) is 5.91 Å². The molecule has 0 spiro atoms. The minimum Gasteiger partial charge on any atom is -0.481 e. The number of nitrogens with zero attached hydrogens (tertiary/aromatic N) is 4. The summed E-state index contributed by atoms with van der Waals surface area (Å²) >= 11 is 3.64. The zero-order chi connectivity index (χ0) is 24.4. The van der Waals surface area contributed by atoms with Gasteiger partial charge >= 0.3 is 11.9 Å². The number of aromatic amines is 1. The summed E-state index contributed by atoms with van der Waals surface area (Å²) in [5.74, 6) is -3.25. The molecule has 2 aromatic heterocycles. The smallest absolute Gasteiger partial charge is 0.352 e. The predicted octanol–water partition coefficient (Wildman–Crippen LogP) is -0.363. The molecular formula is C18H19N7O6S3. The van der Waals surface area contributed by atoms with Gasteiger partial charge in [-0.1, -0.05) is 11.8 Å². The third-order valence-electron chi connectivity index (χ3n) is 5.22. The lowest BCUT2D eigenvalue weighted by molar-refractivity contribution is -0.150. The van der Waals surface area contributed by atoms with E-state index in [9.17, 15) is 29.4 Å². The second kappa shape index (κ2) is 10.1. The van der Waals surface area contributed by atoms with Crippen molar-refractivity contribution in [2.24, 2.45) is 5.73 Å². The third kappa shape index (κ3) is 4.79. The molecule has 4 heterocycles. The number of thioether (sulfide) groups is 2. The topological polar surface area (TPSA) is 204 Å². The molecule has 2 unspecified atom stereocenters. The first-order chi connectivity index (χ1) is 16.3. The molecule has 1 saturated heterocycles. The number of fused-ring (bicyclic) bond motifs is 1. The number of β-lactam (4-membered cyclic amide) rings is 1. The minimum absolute atomic E-state index is 0.0702. The number of nitrogens with one attached hydrogen (secondary N) is 2. The number of rotatable bonds is 10. The van der Waals surface area contributed by atoms with Gasteiger partial charge < -0.3 is 21.3 Å². The van der Waals surface area contributed by atoms with Gasteiger partial charge in [0, 0.05) is 22.4 Å². The molecule has 4 rings (SSSR count). The molecule has 2 aromatic rings. The zero-order valence-electron chi connectivity index (χ0n) is 17.3. The van der Waals surface area contributed by atoms with E-state index >= 15 is 0 Å². The summed E-state index contributed by atoms with van der Waals surface area (Å²) in [4.78, 5) is 51.0. The fourth-order valence-electron chi connectivity index (χ4n) is 3.69. The average molecular weight is 526 g/mol. The van der Waals surface area contributed by atoms with Crippen molar-refractivity contribution in [3.8, 4) is 0 Å². The van der Waals surface area contributed by atoms with Crippen LogP contribution in [-0.2, 0) is 32.1 Å². The maximum Gasteiger partial charge on any atom is 0.352 e. The molecule has 0 bridgehead atoms. The highest BCUT2D eigenvalue weighted by Crippen LogP contribution is 2.44. The summed E-state index contributed by atoms with van der Waals surface area (Å²) in [6, 6.07) is 0.963. The molecule has 2 aliphatic rings. The summed E-state index contributed by atoms with van der Waals surface area (Å²) in [5.41, 5.74) is 6.54. The van der Waals surface area contributed by atoms with Crippen molar-refractivity contribution >= 4 is 58.6 Å². The van der Waals surface area contributed by atoms with E-state index in [-0.39, 0.29) is 34.5 Å². The van der Waals surface area contributed by atoms with Crippen molar-refractivity contribution in [3.05, 3.63) is 33.2 Å². The fourth-order valence-corrected chi connectivity index (χ4v) is 7.15. The van der Waals surface area contributed by atoms with Gasteiger partial charge in [-0.2, -0.15) is 0 Å². The predicted molar refractivity (Wildman–Crippen MR) is 122 cm³/mol. The highest BCUT2D eigenvalue weighted by Gasteiger charge is 2.55. The Labute approximate surface area is 204 Å². The van der Waals surface area contributed by atoms with E-state index in [1.165, 1.54) is 23.1 Å². The van der Waals surface area contributed by atoms with Gasteiger partial charge in [-0.05, 0) is 33.0 Å². The average Bonchev–Trinajstić information content (AvgIpc) is 3.47. The standard InChI is InChI=1S/C18H19N7O6S3/c19-5-7-1-2-32-9(7)3-11(26)20-13-15(29)25-14(17(30)31)8(6-33-16(13)25)10(4-12(27)28)34-18-21-23-24-22-18/h1-2,10,13,16H,3-6,19H2,(H,20,26)(H,27,28)(H,30,31)(H,21,22,23,24)/t10?,13?,16-/m0/s1. The molecule has 180 valence electrons. The maximum atomic E-state index is 12.9. The molecule has 0 aliphatic carbocycles. The number of tetrazole rings is 1. The minimum atomic E-state index is -1.35. The molecule has 0 radical (unpaired) electrons. The van der Waals surface area contributed by atoms with Crippen LogP contribution >= 0.6 is 34.9 Å². The maximum absolute atomic E-state index is 12.9.